The Morgan fingerprint density at radius 3 is 2.21 bits per heavy atom. The first-order valence-electron chi connectivity index (χ1n) is 10.2. The number of carboxylic acid groups (broad SMARTS) is 1. The first-order valence-corrected chi connectivity index (χ1v) is 10.2. The fourth-order valence-electron chi connectivity index (χ4n) is 3.39. The largest absolute Gasteiger partial charge is 0.494 e. The van der Waals surface area contributed by atoms with Crippen molar-refractivity contribution in [2.45, 2.75) is 26.6 Å². The second kappa shape index (κ2) is 9.77. The number of benzene rings is 3. The Balaban J connectivity index is 1.83. The zero-order valence-electron chi connectivity index (χ0n) is 18.0. The van der Waals surface area contributed by atoms with Crippen LogP contribution in [0, 0.1) is 6.92 Å². The molecular formula is C25H22F3NO4. The number of aryl methyl sites for hydroxylation is 1. The maximum Gasteiger partial charge on any atom is 0.416 e. The van der Waals surface area contributed by atoms with Gasteiger partial charge in [0.05, 0.1) is 17.7 Å². The van der Waals surface area contributed by atoms with E-state index in [1.165, 1.54) is 6.07 Å². The van der Waals surface area contributed by atoms with Crippen molar-refractivity contribution in [2.24, 2.45) is 0 Å². The molecule has 0 fully saturated rings. The number of rotatable bonds is 7. The van der Waals surface area contributed by atoms with E-state index in [1.54, 1.807) is 18.2 Å². The summed E-state index contributed by atoms with van der Waals surface area (Å²) in [5.74, 6) is -0.963. The third-order valence-corrected chi connectivity index (χ3v) is 5.06. The molecule has 0 radical (unpaired) electrons. The number of halogens is 3. The van der Waals surface area contributed by atoms with E-state index in [2.05, 4.69) is 5.32 Å². The number of hydrogen-bond acceptors (Lipinski definition) is 3. The molecule has 2 N–H and O–H groups in total. The number of carbonyl (C=O) groups is 2. The van der Waals surface area contributed by atoms with Crippen LogP contribution in [0.3, 0.4) is 0 Å². The molecule has 1 amide bonds. The standard InChI is InChI=1S/C25H22F3NO4/c1-3-33-22-11-7-17(21-10-6-18(24(31)32)12-15(21)2)13-19(22)14-29-23(30)16-4-8-20(9-5-16)25(26,27)28/h4-13H,3,14H2,1-2H3,(H,29,30)(H,31,32). The molecule has 0 heterocycles. The highest BCUT2D eigenvalue weighted by Crippen LogP contribution is 2.31. The van der Waals surface area contributed by atoms with E-state index >= 15 is 0 Å². The molecule has 0 atom stereocenters. The van der Waals surface area contributed by atoms with Crippen molar-refractivity contribution in [1.82, 2.24) is 5.32 Å². The minimum Gasteiger partial charge on any atom is -0.494 e. The van der Waals surface area contributed by atoms with Crippen molar-refractivity contribution in [1.29, 1.82) is 0 Å². The Bertz CT molecular complexity index is 1170. The average Bonchev–Trinajstić information content (AvgIpc) is 2.77. The zero-order chi connectivity index (χ0) is 24.2. The Hall–Kier alpha value is -3.81. The number of hydrogen-bond donors (Lipinski definition) is 2. The van der Waals surface area contributed by atoms with Crippen LogP contribution in [0.5, 0.6) is 5.75 Å². The molecule has 3 aromatic carbocycles. The molecule has 0 bridgehead atoms. The van der Waals surface area contributed by atoms with Gasteiger partial charge in [-0.1, -0.05) is 12.1 Å². The zero-order valence-corrected chi connectivity index (χ0v) is 18.0. The van der Waals surface area contributed by atoms with Gasteiger partial charge in [-0.3, -0.25) is 4.79 Å². The Kier molecular flexibility index (Phi) is 7.06. The molecule has 0 unspecified atom stereocenters. The van der Waals surface area contributed by atoms with Gasteiger partial charge in [0.25, 0.3) is 5.91 Å². The van der Waals surface area contributed by atoms with Crippen LogP contribution >= 0.6 is 0 Å². The number of alkyl halides is 3. The fraction of sp³-hybridized carbons (Fsp3) is 0.200. The molecule has 0 aliphatic heterocycles. The number of ether oxygens (including phenoxy) is 1. The molecule has 0 aliphatic carbocycles. The number of nitrogens with one attached hydrogen (secondary N) is 1. The molecule has 8 heteroatoms. The lowest BCUT2D eigenvalue weighted by molar-refractivity contribution is -0.137. The van der Waals surface area contributed by atoms with Gasteiger partial charge >= 0.3 is 12.1 Å². The molecule has 3 rings (SSSR count). The van der Waals surface area contributed by atoms with Crippen molar-refractivity contribution in [2.75, 3.05) is 6.61 Å². The van der Waals surface area contributed by atoms with Gasteiger partial charge in [0, 0.05) is 17.7 Å². The lowest BCUT2D eigenvalue weighted by Crippen LogP contribution is -2.23. The summed E-state index contributed by atoms with van der Waals surface area (Å²) in [6, 6.07) is 14.3. The van der Waals surface area contributed by atoms with E-state index in [1.807, 2.05) is 26.0 Å². The van der Waals surface area contributed by atoms with Crippen LogP contribution < -0.4 is 10.1 Å². The lowest BCUT2D eigenvalue weighted by Gasteiger charge is -2.15. The number of aromatic carboxylic acids is 1. The molecule has 0 spiro atoms. The maximum atomic E-state index is 12.7. The summed E-state index contributed by atoms with van der Waals surface area (Å²) < 4.78 is 43.8. The van der Waals surface area contributed by atoms with Crippen LogP contribution in [0.15, 0.2) is 60.7 Å². The van der Waals surface area contributed by atoms with E-state index in [9.17, 15) is 22.8 Å². The van der Waals surface area contributed by atoms with E-state index < -0.39 is 23.6 Å². The van der Waals surface area contributed by atoms with E-state index in [4.69, 9.17) is 9.84 Å². The highest BCUT2D eigenvalue weighted by Gasteiger charge is 2.30. The van der Waals surface area contributed by atoms with Gasteiger partial charge in [0.2, 0.25) is 0 Å². The molecule has 0 saturated heterocycles. The van der Waals surface area contributed by atoms with Gasteiger partial charge in [-0.2, -0.15) is 13.2 Å². The minimum atomic E-state index is -4.47. The molecule has 0 saturated carbocycles. The lowest BCUT2D eigenvalue weighted by atomic mass is 9.96. The summed E-state index contributed by atoms with van der Waals surface area (Å²) in [6.07, 6.45) is -4.47. The minimum absolute atomic E-state index is 0.0925. The Labute approximate surface area is 188 Å². The van der Waals surface area contributed by atoms with E-state index in [-0.39, 0.29) is 17.7 Å². The molecule has 0 aromatic heterocycles. The third kappa shape index (κ3) is 5.71. The summed E-state index contributed by atoms with van der Waals surface area (Å²) in [4.78, 5) is 23.7. The van der Waals surface area contributed by atoms with Crippen LogP contribution in [-0.2, 0) is 12.7 Å². The number of amides is 1. The van der Waals surface area contributed by atoms with Crippen molar-refractivity contribution < 1.29 is 32.6 Å². The highest BCUT2D eigenvalue weighted by molar-refractivity contribution is 5.94. The van der Waals surface area contributed by atoms with Gasteiger partial charge in [-0.05, 0) is 79.1 Å². The average molecular weight is 457 g/mol. The molecular weight excluding hydrogens is 435 g/mol. The van der Waals surface area contributed by atoms with Crippen molar-refractivity contribution in [3.63, 3.8) is 0 Å². The summed E-state index contributed by atoms with van der Waals surface area (Å²) in [5, 5.41) is 11.9. The van der Waals surface area contributed by atoms with Crippen LogP contribution in [-0.4, -0.2) is 23.6 Å². The first kappa shape index (κ1) is 23.8. The smallest absolute Gasteiger partial charge is 0.416 e. The summed E-state index contributed by atoms with van der Waals surface area (Å²) in [5.41, 5.74) is 2.57. The monoisotopic (exact) mass is 457 g/mol. The van der Waals surface area contributed by atoms with Crippen molar-refractivity contribution in [3.05, 3.63) is 88.5 Å². The van der Waals surface area contributed by atoms with E-state index in [0.717, 1.165) is 41.0 Å². The van der Waals surface area contributed by atoms with Gasteiger partial charge < -0.3 is 15.2 Å². The topological polar surface area (TPSA) is 75.6 Å². The second-order valence-electron chi connectivity index (χ2n) is 7.35. The van der Waals surface area contributed by atoms with Gasteiger partial charge in [0.15, 0.2) is 0 Å². The SMILES string of the molecule is CCOc1ccc(-c2ccc(C(=O)O)cc2C)cc1CNC(=O)c1ccc(C(F)(F)F)cc1. The molecule has 172 valence electrons. The fourth-order valence-corrected chi connectivity index (χ4v) is 3.39. The quantitative estimate of drug-likeness (QED) is 0.477. The molecule has 0 aliphatic rings. The Morgan fingerprint density at radius 2 is 1.64 bits per heavy atom. The molecule has 5 nitrogen and oxygen atoms in total. The predicted molar refractivity (Wildman–Crippen MR) is 117 cm³/mol. The van der Waals surface area contributed by atoms with Gasteiger partial charge in [-0.25, -0.2) is 4.79 Å². The van der Waals surface area contributed by atoms with E-state index in [0.29, 0.717) is 17.9 Å². The van der Waals surface area contributed by atoms with Gasteiger partial charge in [-0.15, -0.1) is 0 Å². The van der Waals surface area contributed by atoms with Crippen LogP contribution in [0.4, 0.5) is 13.2 Å². The summed E-state index contributed by atoms with van der Waals surface area (Å²) in [6.45, 7) is 4.14. The first-order chi connectivity index (χ1) is 15.6. The summed E-state index contributed by atoms with van der Waals surface area (Å²) >= 11 is 0. The number of carboxylic acids is 1. The van der Waals surface area contributed by atoms with Crippen molar-refractivity contribution in [3.8, 4) is 16.9 Å². The van der Waals surface area contributed by atoms with Crippen LogP contribution in [0.2, 0.25) is 0 Å². The van der Waals surface area contributed by atoms with Crippen molar-refractivity contribution >= 4 is 11.9 Å². The van der Waals surface area contributed by atoms with Gasteiger partial charge in [0.1, 0.15) is 5.75 Å². The normalized spacial score (nSPS) is 11.2. The third-order valence-electron chi connectivity index (χ3n) is 5.06. The van der Waals surface area contributed by atoms with Crippen LogP contribution in [0.25, 0.3) is 11.1 Å². The molecule has 3 aromatic rings. The summed E-state index contributed by atoms with van der Waals surface area (Å²) in [7, 11) is 0. The molecule has 33 heavy (non-hydrogen) atoms. The van der Waals surface area contributed by atoms with Crippen LogP contribution in [0.1, 0.15) is 44.3 Å². The second-order valence-corrected chi connectivity index (χ2v) is 7.35. The Morgan fingerprint density at radius 1 is 0.970 bits per heavy atom. The highest BCUT2D eigenvalue weighted by atomic mass is 19.4. The number of carbonyl (C=O) groups excluding carboxylic acids is 1. The predicted octanol–water partition coefficient (Wildman–Crippen LogP) is 5.71. The maximum absolute atomic E-state index is 12.7.